The Kier molecular flexibility index (Phi) is 4.42. The number of nitrogens with zero attached hydrogens (tertiary/aromatic N) is 4. The number of aromatic nitrogens is 4. The lowest BCUT2D eigenvalue weighted by atomic mass is 9.91. The molecule has 0 amide bonds. The van der Waals surface area contributed by atoms with Crippen LogP contribution < -0.4 is 10.9 Å². The lowest BCUT2D eigenvalue weighted by Crippen LogP contribution is -2.34. The van der Waals surface area contributed by atoms with Gasteiger partial charge < -0.3 is 5.32 Å². The zero-order valence-corrected chi connectivity index (χ0v) is 15.7. The number of rotatable bonds is 4. The van der Waals surface area contributed by atoms with Crippen LogP contribution in [0.15, 0.2) is 23.3 Å². The number of fused-ring (bicyclic) bond motifs is 1. The highest BCUT2D eigenvalue weighted by molar-refractivity contribution is 5.29. The van der Waals surface area contributed by atoms with Crippen molar-refractivity contribution in [2.75, 3.05) is 5.32 Å². The first-order chi connectivity index (χ1) is 13.3. The lowest BCUT2D eigenvalue weighted by Gasteiger charge is -2.30. The summed E-state index contributed by atoms with van der Waals surface area (Å²) in [5, 5.41) is 8.21. The van der Waals surface area contributed by atoms with Crippen LogP contribution in [0.1, 0.15) is 80.1 Å². The predicted molar refractivity (Wildman–Crippen MR) is 104 cm³/mol. The molecule has 3 aliphatic carbocycles. The van der Waals surface area contributed by atoms with Gasteiger partial charge in [0.05, 0.1) is 11.7 Å². The van der Waals surface area contributed by atoms with E-state index in [1.807, 2.05) is 18.5 Å². The predicted octanol–water partition coefficient (Wildman–Crippen LogP) is 3.39. The molecule has 6 nitrogen and oxygen atoms in total. The molecule has 2 saturated carbocycles. The second-order valence-electron chi connectivity index (χ2n) is 8.37. The molecular formula is C21H27N5O. The Balaban J connectivity index is 1.22. The molecule has 0 spiro atoms. The van der Waals surface area contributed by atoms with Crippen molar-refractivity contribution >= 4 is 5.95 Å². The summed E-state index contributed by atoms with van der Waals surface area (Å²) < 4.78 is 1.77. The quantitative estimate of drug-likeness (QED) is 0.899. The van der Waals surface area contributed by atoms with Crippen LogP contribution in [0, 0.1) is 0 Å². The van der Waals surface area contributed by atoms with Crippen LogP contribution in [0.3, 0.4) is 0 Å². The van der Waals surface area contributed by atoms with Crippen molar-refractivity contribution in [3.8, 4) is 0 Å². The van der Waals surface area contributed by atoms with Crippen LogP contribution in [0.4, 0.5) is 5.95 Å². The summed E-state index contributed by atoms with van der Waals surface area (Å²) in [5.41, 5.74) is 3.66. The van der Waals surface area contributed by atoms with Crippen molar-refractivity contribution in [2.24, 2.45) is 0 Å². The highest BCUT2D eigenvalue weighted by Crippen LogP contribution is 2.39. The van der Waals surface area contributed by atoms with Crippen LogP contribution in [0.25, 0.3) is 0 Å². The minimum atomic E-state index is 0.0751. The third-order valence-corrected chi connectivity index (χ3v) is 6.33. The third kappa shape index (κ3) is 3.62. The number of aryl methyl sites for hydroxylation is 2. The SMILES string of the molecule is O=c1cc2c(nn1C1CCC(Nc3ncc(C4CC4)cn3)CC1)CCCC2. The Morgan fingerprint density at radius 3 is 2.44 bits per heavy atom. The summed E-state index contributed by atoms with van der Waals surface area (Å²) in [6.45, 7) is 0. The van der Waals surface area contributed by atoms with E-state index in [0.717, 1.165) is 50.2 Å². The van der Waals surface area contributed by atoms with E-state index in [1.165, 1.54) is 36.8 Å². The summed E-state index contributed by atoms with van der Waals surface area (Å²) in [6, 6.07) is 2.43. The average Bonchev–Trinajstić information content (AvgIpc) is 3.54. The van der Waals surface area contributed by atoms with Crippen LogP contribution in [-0.2, 0) is 12.8 Å². The smallest absolute Gasteiger partial charge is 0.267 e. The molecule has 2 aromatic rings. The Morgan fingerprint density at radius 2 is 1.70 bits per heavy atom. The Morgan fingerprint density at radius 1 is 0.963 bits per heavy atom. The van der Waals surface area contributed by atoms with Gasteiger partial charge in [-0.05, 0) is 81.3 Å². The number of hydrogen-bond donors (Lipinski definition) is 1. The molecule has 2 aromatic heterocycles. The fraction of sp³-hybridized carbons (Fsp3) is 0.619. The molecule has 2 heterocycles. The molecule has 2 fully saturated rings. The normalized spacial score (nSPS) is 25.0. The van der Waals surface area contributed by atoms with Gasteiger partial charge in [-0.15, -0.1) is 0 Å². The van der Waals surface area contributed by atoms with Gasteiger partial charge in [0.1, 0.15) is 0 Å². The van der Waals surface area contributed by atoms with Crippen LogP contribution >= 0.6 is 0 Å². The maximum Gasteiger partial charge on any atom is 0.267 e. The summed E-state index contributed by atoms with van der Waals surface area (Å²) in [7, 11) is 0. The largest absolute Gasteiger partial charge is 0.351 e. The zero-order chi connectivity index (χ0) is 18.2. The van der Waals surface area contributed by atoms with E-state index >= 15 is 0 Å². The van der Waals surface area contributed by atoms with Crippen molar-refractivity contribution in [1.29, 1.82) is 0 Å². The maximum atomic E-state index is 12.5. The maximum absolute atomic E-state index is 12.5. The van der Waals surface area contributed by atoms with E-state index in [0.29, 0.717) is 12.0 Å². The Hall–Kier alpha value is -2.24. The summed E-state index contributed by atoms with van der Waals surface area (Å²) in [5.74, 6) is 1.42. The van der Waals surface area contributed by atoms with Gasteiger partial charge in [-0.2, -0.15) is 5.10 Å². The van der Waals surface area contributed by atoms with Gasteiger partial charge >= 0.3 is 0 Å². The summed E-state index contributed by atoms with van der Waals surface area (Å²) in [4.78, 5) is 21.5. The standard InChI is InChI=1S/C21H27N5O/c27-20-11-15-3-1-2-4-19(15)25-26(20)18-9-7-17(8-10-18)24-21-22-12-16(13-23-21)14-5-6-14/h11-14,17-18H,1-10H2,(H,22,23,24). The number of hydrogen-bond acceptors (Lipinski definition) is 5. The molecule has 0 atom stereocenters. The van der Waals surface area contributed by atoms with Crippen molar-refractivity contribution in [2.45, 2.75) is 82.2 Å². The topological polar surface area (TPSA) is 72.7 Å². The molecule has 0 aliphatic heterocycles. The minimum absolute atomic E-state index is 0.0751. The van der Waals surface area contributed by atoms with Gasteiger partial charge in [0.25, 0.3) is 5.56 Å². The van der Waals surface area contributed by atoms with Crippen LogP contribution in [0.5, 0.6) is 0 Å². The first kappa shape index (κ1) is 16.9. The van der Waals surface area contributed by atoms with E-state index < -0.39 is 0 Å². The van der Waals surface area contributed by atoms with Crippen molar-refractivity contribution < 1.29 is 0 Å². The molecule has 5 rings (SSSR count). The molecule has 0 bridgehead atoms. The van der Waals surface area contributed by atoms with Crippen molar-refractivity contribution in [3.63, 3.8) is 0 Å². The molecular weight excluding hydrogens is 338 g/mol. The average molecular weight is 365 g/mol. The second kappa shape index (κ2) is 7.06. The second-order valence-corrected chi connectivity index (χ2v) is 8.37. The molecule has 3 aliphatic rings. The first-order valence-corrected chi connectivity index (χ1v) is 10.5. The molecule has 27 heavy (non-hydrogen) atoms. The molecule has 0 aromatic carbocycles. The molecule has 1 N–H and O–H groups in total. The molecule has 0 radical (unpaired) electrons. The van der Waals surface area contributed by atoms with Crippen molar-refractivity contribution in [3.05, 3.63) is 45.6 Å². The minimum Gasteiger partial charge on any atom is -0.351 e. The monoisotopic (exact) mass is 365 g/mol. The number of nitrogens with one attached hydrogen (secondary N) is 1. The molecule has 6 heteroatoms. The van der Waals surface area contributed by atoms with Crippen LogP contribution in [0.2, 0.25) is 0 Å². The van der Waals surface area contributed by atoms with Gasteiger partial charge in [-0.25, -0.2) is 14.6 Å². The van der Waals surface area contributed by atoms with E-state index in [2.05, 4.69) is 15.3 Å². The third-order valence-electron chi connectivity index (χ3n) is 6.33. The van der Waals surface area contributed by atoms with Crippen molar-refractivity contribution in [1.82, 2.24) is 19.7 Å². The Labute approximate surface area is 159 Å². The lowest BCUT2D eigenvalue weighted by molar-refractivity contribution is 0.300. The van der Waals surface area contributed by atoms with E-state index in [1.54, 1.807) is 4.68 Å². The highest BCUT2D eigenvalue weighted by Gasteiger charge is 2.26. The summed E-state index contributed by atoms with van der Waals surface area (Å²) in [6.07, 6.45) is 14.9. The number of anilines is 1. The molecule has 142 valence electrons. The van der Waals surface area contributed by atoms with Gasteiger partial charge in [0, 0.05) is 24.5 Å². The fourth-order valence-corrected chi connectivity index (χ4v) is 4.53. The highest BCUT2D eigenvalue weighted by atomic mass is 16.1. The van der Waals surface area contributed by atoms with Crippen LogP contribution in [-0.4, -0.2) is 25.8 Å². The molecule has 0 unspecified atom stereocenters. The van der Waals surface area contributed by atoms with Gasteiger partial charge in [-0.1, -0.05) is 0 Å². The summed E-state index contributed by atoms with van der Waals surface area (Å²) >= 11 is 0. The van der Waals surface area contributed by atoms with E-state index in [9.17, 15) is 4.79 Å². The van der Waals surface area contributed by atoms with Gasteiger partial charge in [0.2, 0.25) is 5.95 Å². The van der Waals surface area contributed by atoms with E-state index in [-0.39, 0.29) is 11.6 Å². The Bertz CT molecular complexity index is 863. The first-order valence-electron chi connectivity index (χ1n) is 10.5. The fourth-order valence-electron chi connectivity index (χ4n) is 4.53. The molecule has 0 saturated heterocycles. The van der Waals surface area contributed by atoms with E-state index in [4.69, 9.17) is 5.10 Å². The van der Waals surface area contributed by atoms with Gasteiger partial charge in [-0.3, -0.25) is 4.79 Å². The zero-order valence-electron chi connectivity index (χ0n) is 15.7. The van der Waals surface area contributed by atoms with Gasteiger partial charge in [0.15, 0.2) is 0 Å².